The summed E-state index contributed by atoms with van der Waals surface area (Å²) in [5, 5.41) is 4.62. The highest BCUT2D eigenvalue weighted by molar-refractivity contribution is 6.26. The fourth-order valence-corrected chi connectivity index (χ4v) is 3.30. The van der Waals surface area contributed by atoms with Crippen LogP contribution in [0.3, 0.4) is 0 Å². The lowest BCUT2D eigenvalue weighted by Crippen LogP contribution is -2.35. The van der Waals surface area contributed by atoms with E-state index < -0.39 is 0 Å². The number of carbonyl (C=O) groups excluding carboxylic acids is 3. The van der Waals surface area contributed by atoms with Crippen molar-refractivity contribution < 1.29 is 14.4 Å². The number of benzene rings is 3. The van der Waals surface area contributed by atoms with Crippen LogP contribution in [-0.4, -0.2) is 24.1 Å². The van der Waals surface area contributed by atoms with Gasteiger partial charge in [0.15, 0.2) is 5.78 Å². The standard InChI is InChI=1S/C21H16N2O3/c1-13(24)15-7-2-8-16(11-15)22-19(25)12-23-18-10-4-6-14-5-3-9-17(20(14)18)21(23)26/h2-11H,12H2,1H3,(H,22,25). The highest BCUT2D eigenvalue weighted by atomic mass is 16.2. The zero-order chi connectivity index (χ0) is 18.3. The van der Waals surface area contributed by atoms with E-state index in [0.29, 0.717) is 16.8 Å². The summed E-state index contributed by atoms with van der Waals surface area (Å²) in [6.45, 7) is 1.39. The van der Waals surface area contributed by atoms with E-state index in [1.807, 2.05) is 30.3 Å². The second-order valence-corrected chi connectivity index (χ2v) is 6.26. The van der Waals surface area contributed by atoms with E-state index in [2.05, 4.69) is 5.32 Å². The Labute approximate surface area is 150 Å². The van der Waals surface area contributed by atoms with Crippen molar-refractivity contribution in [1.29, 1.82) is 0 Å². The molecule has 0 saturated heterocycles. The smallest absolute Gasteiger partial charge is 0.259 e. The molecule has 0 unspecified atom stereocenters. The summed E-state index contributed by atoms with van der Waals surface area (Å²) >= 11 is 0. The molecular weight excluding hydrogens is 328 g/mol. The van der Waals surface area contributed by atoms with Gasteiger partial charge in [0.1, 0.15) is 6.54 Å². The number of amides is 2. The monoisotopic (exact) mass is 344 g/mol. The molecule has 1 aliphatic rings. The maximum absolute atomic E-state index is 12.7. The van der Waals surface area contributed by atoms with Crippen LogP contribution in [0.5, 0.6) is 0 Å². The molecule has 5 heteroatoms. The van der Waals surface area contributed by atoms with Crippen molar-refractivity contribution in [3.05, 3.63) is 71.8 Å². The number of hydrogen-bond donors (Lipinski definition) is 1. The molecule has 1 aliphatic heterocycles. The molecule has 2 amide bonds. The van der Waals surface area contributed by atoms with Gasteiger partial charge in [-0.2, -0.15) is 0 Å². The second-order valence-electron chi connectivity index (χ2n) is 6.26. The van der Waals surface area contributed by atoms with Crippen LogP contribution in [0.1, 0.15) is 27.6 Å². The van der Waals surface area contributed by atoms with E-state index in [1.54, 1.807) is 30.3 Å². The van der Waals surface area contributed by atoms with Crippen LogP contribution in [0.4, 0.5) is 11.4 Å². The highest BCUT2D eigenvalue weighted by Gasteiger charge is 2.30. The van der Waals surface area contributed by atoms with Gasteiger partial charge in [-0.05, 0) is 36.6 Å². The van der Waals surface area contributed by atoms with Gasteiger partial charge in [-0.25, -0.2) is 0 Å². The molecule has 0 bridgehead atoms. The lowest BCUT2D eigenvalue weighted by Gasteiger charge is -2.17. The van der Waals surface area contributed by atoms with Crippen LogP contribution < -0.4 is 10.2 Å². The number of nitrogens with one attached hydrogen (secondary N) is 1. The normalized spacial score (nSPS) is 12.5. The molecular formula is C21H16N2O3. The molecule has 3 aromatic carbocycles. The van der Waals surface area contributed by atoms with Gasteiger partial charge >= 0.3 is 0 Å². The van der Waals surface area contributed by atoms with Crippen molar-refractivity contribution in [2.45, 2.75) is 6.92 Å². The van der Waals surface area contributed by atoms with Gasteiger partial charge in [0.05, 0.1) is 5.69 Å². The van der Waals surface area contributed by atoms with Gasteiger partial charge in [-0.15, -0.1) is 0 Å². The Hall–Kier alpha value is -3.47. The average molecular weight is 344 g/mol. The first-order valence-corrected chi connectivity index (χ1v) is 8.29. The Kier molecular flexibility index (Phi) is 3.77. The van der Waals surface area contributed by atoms with Gasteiger partial charge in [0.25, 0.3) is 5.91 Å². The maximum atomic E-state index is 12.7. The largest absolute Gasteiger partial charge is 0.325 e. The molecule has 1 heterocycles. The van der Waals surface area contributed by atoms with Crippen LogP contribution in [0.15, 0.2) is 60.7 Å². The predicted molar refractivity (Wildman–Crippen MR) is 101 cm³/mol. The van der Waals surface area contributed by atoms with Crippen LogP contribution in [0, 0.1) is 0 Å². The Balaban J connectivity index is 1.58. The molecule has 26 heavy (non-hydrogen) atoms. The van der Waals surface area contributed by atoms with E-state index in [-0.39, 0.29) is 24.1 Å². The minimum Gasteiger partial charge on any atom is -0.325 e. The fraction of sp³-hybridized carbons (Fsp3) is 0.0952. The van der Waals surface area contributed by atoms with Crippen LogP contribution in [0.2, 0.25) is 0 Å². The third-order valence-electron chi connectivity index (χ3n) is 4.50. The summed E-state index contributed by atoms with van der Waals surface area (Å²) in [4.78, 5) is 38.1. The third kappa shape index (κ3) is 2.63. The second kappa shape index (κ2) is 6.11. The quantitative estimate of drug-likeness (QED) is 0.735. The zero-order valence-corrected chi connectivity index (χ0v) is 14.2. The Morgan fingerprint density at radius 3 is 2.50 bits per heavy atom. The third-order valence-corrected chi connectivity index (χ3v) is 4.50. The number of rotatable bonds is 4. The van der Waals surface area contributed by atoms with Crippen molar-refractivity contribution in [3.63, 3.8) is 0 Å². The van der Waals surface area contributed by atoms with Crippen molar-refractivity contribution in [2.24, 2.45) is 0 Å². The SMILES string of the molecule is CC(=O)c1cccc(NC(=O)CN2C(=O)c3cccc4cccc2c34)c1. The first kappa shape index (κ1) is 16.0. The van der Waals surface area contributed by atoms with E-state index in [0.717, 1.165) is 16.5 Å². The number of hydrogen-bond acceptors (Lipinski definition) is 3. The summed E-state index contributed by atoms with van der Waals surface area (Å²) in [6.07, 6.45) is 0. The number of Topliss-reactive ketones (excluding diaryl/α,β-unsaturated/α-hetero) is 1. The van der Waals surface area contributed by atoms with E-state index in [4.69, 9.17) is 0 Å². The van der Waals surface area contributed by atoms with Crippen molar-refractivity contribution >= 4 is 39.7 Å². The van der Waals surface area contributed by atoms with Gasteiger partial charge in [0.2, 0.25) is 5.91 Å². The fourth-order valence-electron chi connectivity index (χ4n) is 3.30. The van der Waals surface area contributed by atoms with Crippen LogP contribution >= 0.6 is 0 Å². The molecule has 0 saturated carbocycles. The summed E-state index contributed by atoms with van der Waals surface area (Å²) in [7, 11) is 0. The molecule has 1 N–H and O–H groups in total. The summed E-state index contributed by atoms with van der Waals surface area (Å²) in [6, 6.07) is 18.0. The molecule has 0 aromatic heterocycles. The Bertz CT molecular complexity index is 1070. The number of anilines is 2. The molecule has 0 atom stereocenters. The number of nitrogens with zero attached hydrogens (tertiary/aromatic N) is 1. The lowest BCUT2D eigenvalue weighted by molar-refractivity contribution is -0.114. The molecule has 0 radical (unpaired) electrons. The summed E-state index contributed by atoms with van der Waals surface area (Å²) < 4.78 is 0. The molecule has 3 aromatic rings. The van der Waals surface area contributed by atoms with Gasteiger partial charge in [0, 0.05) is 22.2 Å². The topological polar surface area (TPSA) is 66.5 Å². The molecule has 4 rings (SSSR count). The zero-order valence-electron chi connectivity index (χ0n) is 14.2. The Morgan fingerprint density at radius 2 is 1.73 bits per heavy atom. The first-order chi connectivity index (χ1) is 12.5. The highest BCUT2D eigenvalue weighted by Crippen LogP contribution is 2.36. The molecule has 0 spiro atoms. The molecule has 128 valence electrons. The molecule has 5 nitrogen and oxygen atoms in total. The predicted octanol–water partition coefficient (Wildman–Crippen LogP) is 3.64. The summed E-state index contributed by atoms with van der Waals surface area (Å²) in [5.41, 5.74) is 2.42. The molecule has 0 aliphatic carbocycles. The number of carbonyl (C=O) groups is 3. The first-order valence-electron chi connectivity index (χ1n) is 8.29. The van der Waals surface area contributed by atoms with Crippen molar-refractivity contribution in [2.75, 3.05) is 16.8 Å². The lowest BCUT2D eigenvalue weighted by atomic mass is 10.1. The minimum absolute atomic E-state index is 0.0713. The van der Waals surface area contributed by atoms with Crippen LogP contribution in [0.25, 0.3) is 10.8 Å². The Morgan fingerprint density at radius 1 is 1.00 bits per heavy atom. The van der Waals surface area contributed by atoms with E-state index in [9.17, 15) is 14.4 Å². The van der Waals surface area contributed by atoms with Crippen molar-refractivity contribution in [3.8, 4) is 0 Å². The minimum atomic E-state index is -0.316. The van der Waals surface area contributed by atoms with Crippen molar-refractivity contribution in [1.82, 2.24) is 0 Å². The van der Waals surface area contributed by atoms with Gasteiger partial charge in [-0.1, -0.05) is 36.4 Å². The number of ketones is 1. The van der Waals surface area contributed by atoms with Gasteiger partial charge < -0.3 is 5.32 Å². The van der Waals surface area contributed by atoms with Crippen LogP contribution in [-0.2, 0) is 4.79 Å². The van der Waals surface area contributed by atoms with Gasteiger partial charge in [-0.3, -0.25) is 19.3 Å². The van der Waals surface area contributed by atoms with E-state index in [1.165, 1.54) is 11.8 Å². The van der Waals surface area contributed by atoms with E-state index >= 15 is 0 Å². The molecule has 0 fully saturated rings. The summed E-state index contributed by atoms with van der Waals surface area (Å²) in [5.74, 6) is -0.564. The average Bonchev–Trinajstić information content (AvgIpc) is 2.90. The maximum Gasteiger partial charge on any atom is 0.259 e.